The van der Waals surface area contributed by atoms with Crippen LogP contribution in [-0.4, -0.2) is 27.3 Å². The number of nitrogens with one attached hydrogen (secondary N) is 2. The number of carbonyl (C=O) groups is 1. The van der Waals surface area contributed by atoms with E-state index in [2.05, 4.69) is 20.7 Å². The van der Waals surface area contributed by atoms with Gasteiger partial charge in [-0.25, -0.2) is 14.2 Å². The average Bonchev–Trinajstić information content (AvgIpc) is 3.15. The number of carbonyl (C=O) groups excluding carboxylic acids is 1. The quantitative estimate of drug-likeness (QED) is 0.595. The molecular formula is C22H20ClFN5O2. The van der Waals surface area contributed by atoms with Crippen molar-refractivity contribution in [1.82, 2.24) is 14.8 Å². The van der Waals surface area contributed by atoms with E-state index in [9.17, 15) is 14.3 Å². The van der Waals surface area contributed by atoms with Crippen LogP contribution in [-0.2, 0) is 16.3 Å². The molecule has 1 atom stereocenters. The molecule has 3 aromatic rings. The number of benzene rings is 2. The second-order valence-electron chi connectivity index (χ2n) is 7.19. The fraction of sp³-hybridized carbons (Fsp3) is 0.227. The highest BCUT2D eigenvalue weighted by atomic mass is 35.5. The lowest BCUT2D eigenvalue weighted by Crippen LogP contribution is -2.31. The molecule has 1 aliphatic rings. The molecule has 0 saturated heterocycles. The monoisotopic (exact) mass is 440 g/mol. The molecule has 0 fully saturated rings. The number of fused-ring (bicyclic) bond motifs is 1. The Balaban J connectivity index is 1.75. The first-order chi connectivity index (χ1) is 15.0. The van der Waals surface area contributed by atoms with E-state index >= 15 is 0 Å². The number of aromatic nitrogens is 3. The van der Waals surface area contributed by atoms with Crippen molar-refractivity contribution in [2.45, 2.75) is 25.8 Å². The van der Waals surface area contributed by atoms with E-state index in [0.717, 1.165) is 0 Å². The number of amides is 1. The second-order valence-corrected chi connectivity index (χ2v) is 7.62. The minimum atomic E-state index is -0.687. The third-order valence-electron chi connectivity index (χ3n) is 4.95. The molecule has 159 valence electrons. The lowest BCUT2D eigenvalue weighted by molar-refractivity contribution is -0.113. The maximum atomic E-state index is 14.1. The van der Waals surface area contributed by atoms with Gasteiger partial charge in [0.1, 0.15) is 11.9 Å². The van der Waals surface area contributed by atoms with E-state index in [-0.39, 0.29) is 12.5 Å². The van der Waals surface area contributed by atoms with E-state index in [0.29, 0.717) is 52.2 Å². The van der Waals surface area contributed by atoms with Crippen LogP contribution >= 0.6 is 11.6 Å². The van der Waals surface area contributed by atoms with Crippen molar-refractivity contribution >= 4 is 29.1 Å². The van der Waals surface area contributed by atoms with Gasteiger partial charge in [-0.05, 0) is 55.3 Å². The molecule has 1 unspecified atom stereocenters. The first kappa shape index (κ1) is 21.0. The van der Waals surface area contributed by atoms with Gasteiger partial charge in [-0.15, -0.1) is 0 Å². The number of hydrogen-bond donors (Lipinski definition) is 2. The molecule has 0 aliphatic carbocycles. The van der Waals surface area contributed by atoms with Crippen molar-refractivity contribution in [2.75, 3.05) is 17.2 Å². The van der Waals surface area contributed by atoms with Crippen LogP contribution in [0.4, 0.5) is 16.0 Å². The molecule has 0 saturated carbocycles. The van der Waals surface area contributed by atoms with Crippen LogP contribution < -0.4 is 10.6 Å². The van der Waals surface area contributed by atoms with Crippen molar-refractivity contribution in [3.8, 4) is 0 Å². The molecule has 9 heteroatoms. The van der Waals surface area contributed by atoms with Gasteiger partial charge in [-0.1, -0.05) is 23.7 Å². The van der Waals surface area contributed by atoms with Crippen LogP contribution in [0, 0.1) is 5.82 Å². The molecular weight excluding hydrogens is 421 g/mol. The zero-order valence-corrected chi connectivity index (χ0v) is 17.5. The third kappa shape index (κ3) is 4.45. The standard InChI is InChI=1S/C22H20ClFN5O2/c1-13-19(21(31)26-17-9-7-15(23)8-10-17)20(14-4-2-5-16(24)12-14)29-22(25-13)27-18(28-29)6-3-11-30/h2,4-5,7-10,12,20H,3,6,11H2,1H3,(H,26,31)(H,25,27,28). The first-order valence-corrected chi connectivity index (χ1v) is 10.2. The van der Waals surface area contributed by atoms with Crippen LogP contribution in [0.3, 0.4) is 0 Å². The Hall–Kier alpha value is -3.23. The molecule has 2 heterocycles. The summed E-state index contributed by atoms with van der Waals surface area (Å²) in [5.74, 6) is 0.158. The first-order valence-electron chi connectivity index (χ1n) is 9.80. The lowest BCUT2D eigenvalue weighted by atomic mass is 9.95. The summed E-state index contributed by atoms with van der Waals surface area (Å²) < 4.78 is 15.6. The minimum absolute atomic E-state index is 0.226. The summed E-state index contributed by atoms with van der Waals surface area (Å²) in [5.41, 5.74) is 2.10. The van der Waals surface area contributed by atoms with Gasteiger partial charge in [0.25, 0.3) is 5.91 Å². The van der Waals surface area contributed by atoms with Gasteiger partial charge >= 0.3 is 0 Å². The Morgan fingerprint density at radius 2 is 2.03 bits per heavy atom. The van der Waals surface area contributed by atoms with Gasteiger partial charge in [0.05, 0.1) is 12.2 Å². The zero-order valence-electron chi connectivity index (χ0n) is 16.7. The Kier molecular flexibility index (Phi) is 6.01. The van der Waals surface area contributed by atoms with Crippen LogP contribution in [0.2, 0.25) is 5.02 Å². The number of allylic oxidation sites excluding steroid dienone is 1. The minimum Gasteiger partial charge on any atom is -0.328 e. The summed E-state index contributed by atoms with van der Waals surface area (Å²) in [5, 5.41) is 21.9. The smallest absolute Gasteiger partial charge is 0.255 e. The average molecular weight is 441 g/mol. The topological polar surface area (TPSA) is 91.7 Å². The number of anilines is 2. The molecule has 2 aromatic carbocycles. The van der Waals surface area contributed by atoms with Crippen molar-refractivity contribution in [3.63, 3.8) is 0 Å². The van der Waals surface area contributed by atoms with Gasteiger partial charge in [-0.2, -0.15) is 10.1 Å². The predicted molar refractivity (Wildman–Crippen MR) is 115 cm³/mol. The highest BCUT2D eigenvalue weighted by Crippen LogP contribution is 2.36. The summed E-state index contributed by atoms with van der Waals surface area (Å²) >= 11 is 5.93. The van der Waals surface area contributed by atoms with Crippen LogP contribution in [0.1, 0.15) is 30.8 Å². The largest absolute Gasteiger partial charge is 0.328 e. The van der Waals surface area contributed by atoms with Crippen LogP contribution in [0.5, 0.6) is 0 Å². The van der Waals surface area contributed by atoms with E-state index in [1.54, 1.807) is 48.0 Å². The van der Waals surface area contributed by atoms with Crippen molar-refractivity contribution in [1.29, 1.82) is 0 Å². The molecule has 1 amide bonds. The van der Waals surface area contributed by atoms with E-state index in [1.165, 1.54) is 12.1 Å². The Labute approximate surface area is 183 Å². The summed E-state index contributed by atoms with van der Waals surface area (Å²) in [6.07, 6.45) is 0.830. The summed E-state index contributed by atoms with van der Waals surface area (Å²) in [4.78, 5) is 17.7. The third-order valence-corrected chi connectivity index (χ3v) is 5.20. The molecule has 1 radical (unpaired) electrons. The molecule has 0 spiro atoms. The molecule has 0 bridgehead atoms. The normalized spacial score (nSPS) is 15.4. The summed E-state index contributed by atoms with van der Waals surface area (Å²) in [7, 11) is 0. The maximum Gasteiger partial charge on any atom is 0.255 e. The van der Waals surface area contributed by atoms with Gasteiger partial charge < -0.3 is 10.6 Å². The van der Waals surface area contributed by atoms with Gasteiger partial charge in [0.2, 0.25) is 5.95 Å². The molecule has 31 heavy (non-hydrogen) atoms. The van der Waals surface area contributed by atoms with Crippen LogP contribution in [0.25, 0.3) is 0 Å². The lowest BCUT2D eigenvalue weighted by Gasteiger charge is -2.28. The number of rotatable bonds is 6. The number of nitrogens with zero attached hydrogens (tertiary/aromatic N) is 3. The highest BCUT2D eigenvalue weighted by molar-refractivity contribution is 6.30. The van der Waals surface area contributed by atoms with Crippen LogP contribution in [0.15, 0.2) is 59.8 Å². The Morgan fingerprint density at radius 1 is 1.26 bits per heavy atom. The number of aryl methyl sites for hydroxylation is 1. The van der Waals surface area contributed by atoms with E-state index in [1.807, 2.05) is 0 Å². The number of halogens is 2. The van der Waals surface area contributed by atoms with E-state index in [4.69, 9.17) is 11.6 Å². The van der Waals surface area contributed by atoms with Crippen molar-refractivity contribution < 1.29 is 14.3 Å². The van der Waals surface area contributed by atoms with Gasteiger partial charge in [-0.3, -0.25) is 4.79 Å². The number of hydrogen-bond acceptors (Lipinski definition) is 4. The highest BCUT2D eigenvalue weighted by Gasteiger charge is 2.34. The second kappa shape index (κ2) is 8.87. The van der Waals surface area contributed by atoms with Gasteiger partial charge in [0, 0.05) is 22.8 Å². The predicted octanol–water partition coefficient (Wildman–Crippen LogP) is 4.36. The summed E-state index contributed by atoms with van der Waals surface area (Å²) in [6, 6.07) is 12.1. The fourth-order valence-corrected chi connectivity index (χ4v) is 3.67. The zero-order chi connectivity index (χ0) is 22.0. The van der Waals surface area contributed by atoms with Crippen molar-refractivity contribution in [2.24, 2.45) is 0 Å². The maximum absolute atomic E-state index is 14.1. The molecule has 2 N–H and O–H groups in total. The SMILES string of the molecule is CC1=C(C(=O)Nc2ccc(Cl)cc2)C(c2cccc(F)c2)n2nc(CCC[O])nc2N1. The molecule has 7 nitrogen and oxygen atoms in total. The molecule has 1 aliphatic heterocycles. The molecule has 1 aromatic heterocycles. The fourth-order valence-electron chi connectivity index (χ4n) is 3.54. The molecule has 4 rings (SSSR count). The van der Waals surface area contributed by atoms with Gasteiger partial charge in [0.15, 0.2) is 5.82 Å². The Bertz CT molecular complexity index is 1140. The van der Waals surface area contributed by atoms with E-state index < -0.39 is 11.9 Å². The Morgan fingerprint density at radius 3 is 2.74 bits per heavy atom. The summed E-state index contributed by atoms with van der Waals surface area (Å²) in [6.45, 7) is 1.54. The van der Waals surface area contributed by atoms with Crippen molar-refractivity contribution in [3.05, 3.63) is 82.0 Å².